The zero-order valence-corrected chi connectivity index (χ0v) is 16.9. The maximum Gasteiger partial charge on any atom is 0.244 e. The van der Waals surface area contributed by atoms with Crippen molar-refractivity contribution >= 4 is 17.9 Å². The summed E-state index contributed by atoms with van der Waals surface area (Å²) in [5.74, 6) is 1.29. The van der Waals surface area contributed by atoms with E-state index in [4.69, 9.17) is 9.47 Å². The Morgan fingerprint density at radius 1 is 1.29 bits per heavy atom. The molecule has 0 saturated carbocycles. The van der Waals surface area contributed by atoms with Crippen molar-refractivity contribution in [2.45, 2.75) is 32.7 Å². The minimum absolute atomic E-state index is 0.0135. The SMILES string of the molecule is C=CCOc1ccc(/C=C/C(=O)NC2CCN(C(=O)C(C)C)CC2)cc1OC. The van der Waals surface area contributed by atoms with Crippen molar-refractivity contribution in [2.24, 2.45) is 5.92 Å². The minimum atomic E-state index is -0.139. The van der Waals surface area contributed by atoms with Crippen molar-refractivity contribution < 1.29 is 19.1 Å². The molecule has 2 amide bonds. The van der Waals surface area contributed by atoms with Crippen molar-refractivity contribution in [3.8, 4) is 11.5 Å². The monoisotopic (exact) mass is 386 g/mol. The first-order chi connectivity index (χ1) is 13.4. The summed E-state index contributed by atoms with van der Waals surface area (Å²) in [6.45, 7) is 9.22. The summed E-state index contributed by atoms with van der Waals surface area (Å²) in [6, 6.07) is 5.58. The molecular formula is C22H30N2O4. The number of carbonyl (C=O) groups is 2. The number of rotatable bonds is 8. The number of hydrogen-bond acceptors (Lipinski definition) is 4. The van der Waals surface area contributed by atoms with Gasteiger partial charge < -0.3 is 19.7 Å². The standard InChI is InChI=1S/C22H30N2O4/c1-5-14-28-19-8-6-17(15-20(19)27-4)7-9-21(25)23-18-10-12-24(13-11-18)22(26)16(2)3/h5-9,15-16,18H,1,10-14H2,2-4H3,(H,23,25)/b9-7+. The summed E-state index contributed by atoms with van der Waals surface area (Å²) in [5, 5.41) is 3.01. The van der Waals surface area contributed by atoms with E-state index >= 15 is 0 Å². The molecule has 0 aliphatic carbocycles. The molecular weight excluding hydrogens is 356 g/mol. The summed E-state index contributed by atoms with van der Waals surface area (Å²) in [7, 11) is 1.58. The maximum atomic E-state index is 12.2. The molecule has 1 aromatic carbocycles. The van der Waals surface area contributed by atoms with Crippen LogP contribution in [0.3, 0.4) is 0 Å². The predicted molar refractivity (Wildman–Crippen MR) is 110 cm³/mol. The van der Waals surface area contributed by atoms with Crippen molar-refractivity contribution in [1.82, 2.24) is 10.2 Å². The van der Waals surface area contributed by atoms with Crippen molar-refractivity contribution in [1.29, 1.82) is 0 Å². The van der Waals surface area contributed by atoms with E-state index in [1.165, 1.54) is 6.08 Å². The Morgan fingerprint density at radius 2 is 2.00 bits per heavy atom. The average molecular weight is 386 g/mol. The number of benzene rings is 1. The highest BCUT2D eigenvalue weighted by Crippen LogP contribution is 2.28. The Hall–Kier alpha value is -2.76. The Labute approximate surface area is 167 Å². The number of nitrogens with zero attached hydrogens (tertiary/aromatic N) is 1. The summed E-state index contributed by atoms with van der Waals surface area (Å²) in [4.78, 5) is 26.1. The first-order valence-corrected chi connectivity index (χ1v) is 9.63. The zero-order valence-electron chi connectivity index (χ0n) is 16.9. The van der Waals surface area contributed by atoms with Gasteiger partial charge in [0.25, 0.3) is 0 Å². The zero-order chi connectivity index (χ0) is 20.5. The molecule has 0 unspecified atom stereocenters. The number of nitrogens with one attached hydrogen (secondary N) is 1. The normalized spacial score (nSPS) is 14.9. The van der Waals surface area contributed by atoms with Crippen molar-refractivity contribution in [3.63, 3.8) is 0 Å². The molecule has 1 aliphatic rings. The molecule has 1 fully saturated rings. The fraction of sp³-hybridized carbons (Fsp3) is 0.455. The molecule has 0 spiro atoms. The van der Waals surface area contributed by atoms with Gasteiger partial charge in [0.1, 0.15) is 6.61 Å². The van der Waals surface area contributed by atoms with Gasteiger partial charge in [-0.2, -0.15) is 0 Å². The van der Waals surface area contributed by atoms with E-state index in [1.807, 2.05) is 30.9 Å². The average Bonchev–Trinajstić information content (AvgIpc) is 2.70. The van der Waals surface area contributed by atoms with E-state index in [9.17, 15) is 9.59 Å². The molecule has 1 aliphatic heterocycles. The van der Waals surface area contributed by atoms with Gasteiger partial charge in [-0.25, -0.2) is 0 Å². The Morgan fingerprint density at radius 3 is 2.61 bits per heavy atom. The molecule has 2 rings (SSSR count). The maximum absolute atomic E-state index is 12.2. The van der Waals surface area contributed by atoms with E-state index in [0.717, 1.165) is 18.4 Å². The van der Waals surface area contributed by atoms with Gasteiger partial charge in [-0.3, -0.25) is 9.59 Å². The summed E-state index contributed by atoms with van der Waals surface area (Å²) >= 11 is 0. The minimum Gasteiger partial charge on any atom is -0.493 e. The van der Waals surface area contributed by atoms with Crippen LogP contribution in [0.1, 0.15) is 32.3 Å². The summed E-state index contributed by atoms with van der Waals surface area (Å²) in [6.07, 6.45) is 6.49. The summed E-state index contributed by atoms with van der Waals surface area (Å²) < 4.78 is 10.9. The molecule has 1 heterocycles. The van der Waals surface area contributed by atoms with Crippen molar-refractivity contribution in [2.75, 3.05) is 26.8 Å². The van der Waals surface area contributed by atoms with Crippen LogP contribution in [-0.2, 0) is 9.59 Å². The lowest BCUT2D eigenvalue weighted by atomic mass is 10.0. The van der Waals surface area contributed by atoms with Crippen LogP contribution < -0.4 is 14.8 Å². The molecule has 0 bridgehead atoms. The first kappa shape index (κ1) is 21.5. The van der Waals surface area contributed by atoms with E-state index < -0.39 is 0 Å². The largest absolute Gasteiger partial charge is 0.493 e. The quantitative estimate of drug-likeness (QED) is 0.551. The molecule has 1 N–H and O–H groups in total. The van der Waals surface area contributed by atoms with Crippen LogP contribution in [0.5, 0.6) is 11.5 Å². The molecule has 6 nitrogen and oxygen atoms in total. The van der Waals surface area contributed by atoms with Gasteiger partial charge in [-0.1, -0.05) is 32.6 Å². The molecule has 0 radical (unpaired) electrons. The Kier molecular flexibility index (Phi) is 8.11. The molecule has 0 aromatic heterocycles. The van der Waals surface area contributed by atoms with Gasteiger partial charge in [0.2, 0.25) is 11.8 Å². The third-order valence-corrected chi connectivity index (χ3v) is 4.62. The second-order valence-electron chi connectivity index (χ2n) is 7.11. The second-order valence-corrected chi connectivity index (χ2v) is 7.11. The fourth-order valence-electron chi connectivity index (χ4n) is 3.09. The highest BCUT2D eigenvalue weighted by Gasteiger charge is 2.24. The smallest absolute Gasteiger partial charge is 0.244 e. The fourth-order valence-corrected chi connectivity index (χ4v) is 3.09. The highest BCUT2D eigenvalue weighted by molar-refractivity contribution is 5.92. The summed E-state index contributed by atoms with van der Waals surface area (Å²) in [5.41, 5.74) is 0.843. The molecule has 1 aromatic rings. The third-order valence-electron chi connectivity index (χ3n) is 4.62. The van der Waals surface area contributed by atoms with Crippen LogP contribution in [0.4, 0.5) is 0 Å². The lowest BCUT2D eigenvalue weighted by Crippen LogP contribution is -2.47. The lowest BCUT2D eigenvalue weighted by Gasteiger charge is -2.33. The van der Waals surface area contributed by atoms with Crippen LogP contribution in [0.2, 0.25) is 0 Å². The van der Waals surface area contributed by atoms with E-state index in [-0.39, 0.29) is 23.8 Å². The van der Waals surface area contributed by atoms with Gasteiger partial charge in [-0.15, -0.1) is 0 Å². The lowest BCUT2D eigenvalue weighted by molar-refractivity contribution is -0.135. The number of ether oxygens (including phenoxy) is 2. The topological polar surface area (TPSA) is 67.9 Å². The predicted octanol–water partition coefficient (Wildman–Crippen LogP) is 3.04. The number of amides is 2. The van der Waals surface area contributed by atoms with Gasteiger partial charge in [0.15, 0.2) is 11.5 Å². The van der Waals surface area contributed by atoms with E-state index in [0.29, 0.717) is 31.2 Å². The van der Waals surface area contributed by atoms with E-state index in [2.05, 4.69) is 11.9 Å². The van der Waals surface area contributed by atoms with Crippen LogP contribution >= 0.6 is 0 Å². The number of hydrogen-bond donors (Lipinski definition) is 1. The Bertz CT molecular complexity index is 719. The third kappa shape index (κ3) is 6.15. The number of carbonyl (C=O) groups excluding carboxylic acids is 2. The highest BCUT2D eigenvalue weighted by atomic mass is 16.5. The van der Waals surface area contributed by atoms with E-state index in [1.54, 1.807) is 25.3 Å². The first-order valence-electron chi connectivity index (χ1n) is 9.63. The molecule has 6 heteroatoms. The van der Waals surface area contributed by atoms with Crippen LogP contribution in [0.25, 0.3) is 6.08 Å². The number of methoxy groups -OCH3 is 1. The van der Waals surface area contributed by atoms with Crippen LogP contribution in [0, 0.1) is 5.92 Å². The molecule has 152 valence electrons. The Balaban J connectivity index is 1.87. The van der Waals surface area contributed by atoms with Gasteiger partial charge >= 0.3 is 0 Å². The second kappa shape index (κ2) is 10.5. The van der Waals surface area contributed by atoms with Crippen LogP contribution in [0.15, 0.2) is 36.9 Å². The molecule has 0 atom stereocenters. The molecule has 1 saturated heterocycles. The number of piperidine rings is 1. The molecule has 28 heavy (non-hydrogen) atoms. The van der Waals surface area contributed by atoms with Gasteiger partial charge in [-0.05, 0) is 36.6 Å². The van der Waals surface area contributed by atoms with Crippen LogP contribution in [-0.4, -0.2) is 49.6 Å². The van der Waals surface area contributed by atoms with Crippen molar-refractivity contribution in [3.05, 3.63) is 42.5 Å². The van der Waals surface area contributed by atoms with Gasteiger partial charge in [0, 0.05) is 31.1 Å². The number of likely N-dealkylation sites (tertiary alicyclic amines) is 1. The van der Waals surface area contributed by atoms with Gasteiger partial charge in [0.05, 0.1) is 7.11 Å².